The summed E-state index contributed by atoms with van der Waals surface area (Å²) < 4.78 is 5.51. The molecule has 0 aliphatic carbocycles. The number of carbonyl (C=O) groups excluding carboxylic acids is 1. The average Bonchev–Trinajstić information content (AvgIpc) is 2.61. The number of rotatable bonds is 8. The van der Waals surface area contributed by atoms with Crippen LogP contribution >= 0.6 is 11.8 Å². The molecule has 0 aromatic heterocycles. The number of thioether (sulfide) groups is 1. The van der Waals surface area contributed by atoms with Gasteiger partial charge in [0, 0.05) is 5.75 Å². The minimum atomic E-state index is -0.0248. The Balaban J connectivity index is 1.97. The minimum absolute atomic E-state index is 0.0248. The van der Waals surface area contributed by atoms with Crippen LogP contribution in [0.1, 0.15) is 55.0 Å². The average molecular weight is 372 g/mol. The molecule has 0 bridgehead atoms. The van der Waals surface area contributed by atoms with Gasteiger partial charge in [-0.3, -0.25) is 4.79 Å². The maximum absolute atomic E-state index is 12.3. The molecule has 26 heavy (non-hydrogen) atoms. The molecule has 4 heteroatoms. The Hall–Kier alpha value is -1.94. The van der Waals surface area contributed by atoms with Crippen LogP contribution in [-0.4, -0.2) is 18.8 Å². The second-order valence-corrected chi connectivity index (χ2v) is 7.86. The molecule has 2 aromatic rings. The van der Waals surface area contributed by atoms with E-state index in [-0.39, 0.29) is 11.9 Å². The van der Waals surface area contributed by atoms with E-state index in [1.54, 1.807) is 18.9 Å². The van der Waals surface area contributed by atoms with Crippen molar-refractivity contribution in [1.82, 2.24) is 5.32 Å². The fourth-order valence-electron chi connectivity index (χ4n) is 3.01. The molecule has 1 N–H and O–H groups in total. The lowest BCUT2D eigenvalue weighted by molar-refractivity contribution is -0.119. The van der Waals surface area contributed by atoms with Crippen molar-refractivity contribution in [3.8, 4) is 5.75 Å². The second kappa shape index (κ2) is 9.67. The normalized spacial score (nSPS) is 12.1. The van der Waals surface area contributed by atoms with E-state index < -0.39 is 0 Å². The van der Waals surface area contributed by atoms with E-state index in [1.165, 1.54) is 11.1 Å². The number of benzene rings is 2. The molecular formula is C22H29NO2S. The maximum atomic E-state index is 12.3. The second-order valence-electron chi connectivity index (χ2n) is 6.87. The molecule has 0 saturated carbocycles. The molecule has 0 fully saturated rings. The van der Waals surface area contributed by atoms with Crippen molar-refractivity contribution in [1.29, 1.82) is 0 Å². The number of hydrogen-bond donors (Lipinski definition) is 1. The smallest absolute Gasteiger partial charge is 0.230 e. The van der Waals surface area contributed by atoms with E-state index in [9.17, 15) is 4.79 Å². The first kappa shape index (κ1) is 20.4. The van der Waals surface area contributed by atoms with Gasteiger partial charge in [-0.1, -0.05) is 44.2 Å². The summed E-state index contributed by atoms with van der Waals surface area (Å²) in [5, 5.41) is 3.13. The number of hydrogen-bond acceptors (Lipinski definition) is 3. The number of carbonyl (C=O) groups is 1. The molecule has 0 unspecified atom stereocenters. The van der Waals surface area contributed by atoms with Crippen molar-refractivity contribution >= 4 is 17.7 Å². The topological polar surface area (TPSA) is 38.3 Å². The van der Waals surface area contributed by atoms with Crippen LogP contribution in [0.5, 0.6) is 5.75 Å². The number of nitrogens with one attached hydrogen (secondary N) is 1. The Morgan fingerprint density at radius 3 is 2.42 bits per heavy atom. The standard InChI is InChI=1S/C22H29NO2S/c1-15(2)19-12-20(16(3)11-21(19)25-5)17(4)23-22(24)14-26-13-18-9-7-6-8-10-18/h6-12,15,17H,13-14H2,1-5H3,(H,23,24)/t17-/m0/s1. The molecule has 140 valence electrons. The van der Waals surface area contributed by atoms with Crippen LogP contribution in [0.4, 0.5) is 0 Å². The lowest BCUT2D eigenvalue weighted by Gasteiger charge is -2.21. The minimum Gasteiger partial charge on any atom is -0.496 e. The number of methoxy groups -OCH3 is 1. The summed E-state index contributed by atoms with van der Waals surface area (Å²) in [5.74, 6) is 2.67. The van der Waals surface area contributed by atoms with Gasteiger partial charge in [-0.15, -0.1) is 11.8 Å². The highest BCUT2D eigenvalue weighted by Gasteiger charge is 2.16. The molecule has 0 aliphatic rings. The molecule has 1 atom stereocenters. The lowest BCUT2D eigenvalue weighted by Crippen LogP contribution is -2.28. The fraction of sp³-hybridized carbons (Fsp3) is 0.409. The van der Waals surface area contributed by atoms with Gasteiger partial charge in [0.25, 0.3) is 0 Å². The Labute approximate surface area is 161 Å². The molecule has 0 heterocycles. The van der Waals surface area contributed by atoms with E-state index in [0.717, 1.165) is 22.6 Å². The Kier molecular flexibility index (Phi) is 7.58. The summed E-state index contributed by atoms with van der Waals surface area (Å²) in [7, 11) is 1.70. The van der Waals surface area contributed by atoms with Crippen LogP contribution in [0.2, 0.25) is 0 Å². The molecule has 0 spiro atoms. The molecular weight excluding hydrogens is 342 g/mol. The van der Waals surface area contributed by atoms with Crippen molar-refractivity contribution in [2.75, 3.05) is 12.9 Å². The maximum Gasteiger partial charge on any atom is 0.230 e. The Bertz CT molecular complexity index is 728. The first-order valence-electron chi connectivity index (χ1n) is 9.01. The van der Waals surface area contributed by atoms with Gasteiger partial charge < -0.3 is 10.1 Å². The summed E-state index contributed by atoms with van der Waals surface area (Å²) in [6, 6.07) is 14.4. The molecule has 0 aliphatic heterocycles. The first-order chi connectivity index (χ1) is 12.4. The number of ether oxygens (including phenoxy) is 1. The predicted molar refractivity (Wildman–Crippen MR) is 111 cm³/mol. The molecule has 0 radical (unpaired) electrons. The number of aryl methyl sites for hydroxylation is 1. The molecule has 2 rings (SSSR count). The van der Waals surface area contributed by atoms with E-state index in [4.69, 9.17) is 4.74 Å². The molecule has 3 nitrogen and oxygen atoms in total. The summed E-state index contributed by atoms with van der Waals surface area (Å²) in [4.78, 5) is 12.3. The highest BCUT2D eigenvalue weighted by molar-refractivity contribution is 7.99. The van der Waals surface area contributed by atoms with E-state index in [0.29, 0.717) is 11.7 Å². The van der Waals surface area contributed by atoms with Crippen molar-refractivity contribution in [3.63, 3.8) is 0 Å². The van der Waals surface area contributed by atoms with Gasteiger partial charge in [-0.05, 0) is 54.2 Å². The summed E-state index contributed by atoms with van der Waals surface area (Å²) in [5.41, 5.74) is 4.70. The van der Waals surface area contributed by atoms with Crippen molar-refractivity contribution in [3.05, 3.63) is 64.7 Å². The van der Waals surface area contributed by atoms with Gasteiger partial charge in [0.15, 0.2) is 0 Å². The SMILES string of the molecule is COc1cc(C)c([C@H](C)NC(=O)CSCc2ccccc2)cc1C(C)C. The van der Waals surface area contributed by atoms with Crippen LogP contribution in [0.3, 0.4) is 0 Å². The largest absolute Gasteiger partial charge is 0.496 e. The summed E-state index contributed by atoms with van der Waals surface area (Å²) in [6.07, 6.45) is 0. The van der Waals surface area contributed by atoms with Gasteiger partial charge in [-0.2, -0.15) is 0 Å². The summed E-state index contributed by atoms with van der Waals surface area (Å²) >= 11 is 1.64. The Morgan fingerprint density at radius 2 is 1.81 bits per heavy atom. The van der Waals surface area contributed by atoms with Crippen LogP contribution in [0.25, 0.3) is 0 Å². The third-order valence-electron chi connectivity index (χ3n) is 4.43. The van der Waals surface area contributed by atoms with Gasteiger partial charge >= 0.3 is 0 Å². The third kappa shape index (κ3) is 5.53. The summed E-state index contributed by atoms with van der Waals surface area (Å²) in [6.45, 7) is 8.41. The monoisotopic (exact) mass is 371 g/mol. The van der Waals surface area contributed by atoms with Gasteiger partial charge in [0.05, 0.1) is 18.9 Å². The zero-order valence-corrected chi connectivity index (χ0v) is 17.2. The quantitative estimate of drug-likeness (QED) is 0.690. The third-order valence-corrected chi connectivity index (χ3v) is 5.43. The lowest BCUT2D eigenvalue weighted by atomic mass is 9.93. The van der Waals surface area contributed by atoms with Crippen molar-refractivity contribution in [2.45, 2.75) is 45.4 Å². The zero-order valence-electron chi connectivity index (χ0n) is 16.3. The molecule has 1 amide bonds. The van der Waals surface area contributed by atoms with E-state index in [2.05, 4.69) is 50.4 Å². The highest BCUT2D eigenvalue weighted by Crippen LogP contribution is 2.32. The van der Waals surface area contributed by atoms with Crippen LogP contribution < -0.4 is 10.1 Å². The van der Waals surface area contributed by atoms with Crippen LogP contribution in [0, 0.1) is 6.92 Å². The van der Waals surface area contributed by atoms with Crippen LogP contribution in [0.15, 0.2) is 42.5 Å². The Morgan fingerprint density at radius 1 is 1.12 bits per heavy atom. The highest BCUT2D eigenvalue weighted by atomic mass is 32.2. The van der Waals surface area contributed by atoms with Crippen LogP contribution in [-0.2, 0) is 10.5 Å². The van der Waals surface area contributed by atoms with Gasteiger partial charge in [-0.25, -0.2) is 0 Å². The van der Waals surface area contributed by atoms with Gasteiger partial charge in [0.2, 0.25) is 5.91 Å². The van der Waals surface area contributed by atoms with Crippen molar-refractivity contribution < 1.29 is 9.53 Å². The van der Waals surface area contributed by atoms with E-state index in [1.807, 2.05) is 25.1 Å². The molecule has 2 aromatic carbocycles. The van der Waals surface area contributed by atoms with E-state index >= 15 is 0 Å². The zero-order chi connectivity index (χ0) is 19.1. The first-order valence-corrected chi connectivity index (χ1v) is 10.2. The van der Waals surface area contributed by atoms with Gasteiger partial charge in [0.1, 0.15) is 5.75 Å². The predicted octanol–water partition coefficient (Wildman–Crippen LogP) is 5.24. The van der Waals surface area contributed by atoms with Crippen molar-refractivity contribution in [2.24, 2.45) is 0 Å². The fourth-order valence-corrected chi connectivity index (χ4v) is 3.81. The molecule has 0 saturated heterocycles. The number of amides is 1.